The lowest BCUT2D eigenvalue weighted by molar-refractivity contribution is 0.578. The SMILES string of the molecule is Cn1ncc(Cl)c1CNS(=O)(=O)c1cccc2ccccc12. The average molecular weight is 336 g/mol. The molecule has 2 aromatic carbocycles. The molecule has 0 saturated carbocycles. The molecule has 0 saturated heterocycles. The highest BCUT2D eigenvalue weighted by molar-refractivity contribution is 7.89. The number of aromatic nitrogens is 2. The number of fused-ring (bicyclic) bond motifs is 1. The van der Waals surface area contributed by atoms with Crippen LogP contribution in [0.25, 0.3) is 10.8 Å². The van der Waals surface area contributed by atoms with Crippen LogP contribution < -0.4 is 4.72 Å². The molecule has 1 aromatic heterocycles. The fourth-order valence-corrected chi connectivity index (χ4v) is 3.75. The van der Waals surface area contributed by atoms with Gasteiger partial charge in [0.25, 0.3) is 0 Å². The van der Waals surface area contributed by atoms with Crippen molar-refractivity contribution in [2.45, 2.75) is 11.4 Å². The summed E-state index contributed by atoms with van der Waals surface area (Å²) in [4.78, 5) is 0.254. The Labute approximate surface area is 133 Å². The number of hydrogen-bond acceptors (Lipinski definition) is 3. The maximum Gasteiger partial charge on any atom is 0.241 e. The van der Waals surface area contributed by atoms with Gasteiger partial charge in [0, 0.05) is 12.4 Å². The Bertz CT molecular complexity index is 910. The summed E-state index contributed by atoms with van der Waals surface area (Å²) < 4.78 is 29.3. The Kier molecular flexibility index (Phi) is 3.90. The topological polar surface area (TPSA) is 64.0 Å². The fourth-order valence-electron chi connectivity index (χ4n) is 2.31. The summed E-state index contributed by atoms with van der Waals surface area (Å²) in [5, 5.41) is 5.99. The third-order valence-corrected chi connectivity index (χ3v) is 5.25. The monoisotopic (exact) mass is 335 g/mol. The molecule has 0 atom stereocenters. The van der Waals surface area contributed by atoms with Gasteiger partial charge in [0.05, 0.1) is 28.4 Å². The zero-order chi connectivity index (χ0) is 15.7. The predicted molar refractivity (Wildman–Crippen MR) is 86.2 cm³/mol. The molecular formula is C15H14ClN3O2S. The van der Waals surface area contributed by atoms with Crippen LogP contribution in [0.5, 0.6) is 0 Å². The first kappa shape index (κ1) is 15.0. The number of benzene rings is 2. The molecule has 0 unspecified atom stereocenters. The highest BCUT2D eigenvalue weighted by Gasteiger charge is 2.18. The van der Waals surface area contributed by atoms with Gasteiger partial charge in [-0.15, -0.1) is 0 Å². The van der Waals surface area contributed by atoms with Gasteiger partial charge in [-0.3, -0.25) is 4.68 Å². The standard InChI is InChI=1S/C15H14ClN3O2S/c1-19-14(13(16)9-17-19)10-18-22(20,21)15-8-4-6-11-5-2-3-7-12(11)15/h2-9,18H,10H2,1H3. The Morgan fingerprint density at radius 2 is 1.91 bits per heavy atom. The van der Waals surface area contributed by atoms with E-state index in [4.69, 9.17) is 11.6 Å². The highest BCUT2D eigenvalue weighted by Crippen LogP contribution is 2.23. The number of nitrogens with zero attached hydrogens (tertiary/aromatic N) is 2. The molecule has 114 valence electrons. The molecule has 0 aliphatic rings. The lowest BCUT2D eigenvalue weighted by Crippen LogP contribution is -2.24. The zero-order valence-electron chi connectivity index (χ0n) is 11.8. The molecule has 7 heteroatoms. The molecule has 0 amide bonds. The quantitative estimate of drug-likeness (QED) is 0.797. The minimum Gasteiger partial charge on any atom is -0.270 e. The summed E-state index contributed by atoms with van der Waals surface area (Å²) >= 11 is 6.00. The molecular weight excluding hydrogens is 322 g/mol. The molecule has 0 fully saturated rings. The second-order valence-corrected chi connectivity index (χ2v) is 7.01. The summed E-state index contributed by atoms with van der Waals surface area (Å²) in [5.74, 6) is 0. The van der Waals surface area contributed by atoms with Gasteiger partial charge in [0.2, 0.25) is 10.0 Å². The summed E-state index contributed by atoms with van der Waals surface area (Å²) in [7, 11) is -1.93. The number of nitrogens with one attached hydrogen (secondary N) is 1. The summed E-state index contributed by atoms with van der Waals surface area (Å²) in [6.45, 7) is 0.0842. The molecule has 0 spiro atoms. The molecule has 1 heterocycles. The van der Waals surface area contributed by atoms with Crippen LogP contribution in [0.3, 0.4) is 0 Å². The highest BCUT2D eigenvalue weighted by atomic mass is 35.5. The third kappa shape index (κ3) is 2.72. The van der Waals surface area contributed by atoms with E-state index in [9.17, 15) is 8.42 Å². The van der Waals surface area contributed by atoms with E-state index >= 15 is 0 Å². The van der Waals surface area contributed by atoms with Gasteiger partial charge >= 0.3 is 0 Å². The predicted octanol–water partition coefficient (Wildman–Crippen LogP) is 2.71. The van der Waals surface area contributed by atoms with Crippen molar-refractivity contribution < 1.29 is 8.42 Å². The second kappa shape index (κ2) is 5.72. The molecule has 22 heavy (non-hydrogen) atoms. The lowest BCUT2D eigenvalue weighted by Gasteiger charge is -2.10. The van der Waals surface area contributed by atoms with Gasteiger partial charge in [0.15, 0.2) is 0 Å². The van der Waals surface area contributed by atoms with Gasteiger partial charge in [-0.1, -0.05) is 48.0 Å². The number of aryl methyl sites for hydroxylation is 1. The summed E-state index contributed by atoms with van der Waals surface area (Å²) in [6, 6.07) is 12.6. The summed E-state index contributed by atoms with van der Waals surface area (Å²) in [6.07, 6.45) is 1.49. The van der Waals surface area contributed by atoms with Crippen molar-refractivity contribution in [2.24, 2.45) is 7.05 Å². The van der Waals surface area contributed by atoms with E-state index in [1.165, 1.54) is 6.20 Å². The van der Waals surface area contributed by atoms with Gasteiger partial charge in [-0.05, 0) is 11.5 Å². The minimum atomic E-state index is -3.65. The van der Waals surface area contributed by atoms with E-state index in [0.29, 0.717) is 16.1 Å². The maximum atomic E-state index is 12.6. The number of sulfonamides is 1. The van der Waals surface area contributed by atoms with Crippen LogP contribution in [-0.4, -0.2) is 18.2 Å². The van der Waals surface area contributed by atoms with Crippen LogP contribution in [-0.2, 0) is 23.6 Å². The summed E-state index contributed by atoms with van der Waals surface area (Å²) in [5.41, 5.74) is 0.616. The molecule has 5 nitrogen and oxygen atoms in total. The van der Waals surface area contributed by atoms with Crippen molar-refractivity contribution in [3.63, 3.8) is 0 Å². The van der Waals surface area contributed by atoms with E-state index in [1.807, 2.05) is 24.3 Å². The number of hydrogen-bond donors (Lipinski definition) is 1. The molecule has 0 radical (unpaired) electrons. The van der Waals surface area contributed by atoms with Crippen molar-refractivity contribution in [1.82, 2.24) is 14.5 Å². The van der Waals surface area contributed by atoms with Crippen LogP contribution in [0, 0.1) is 0 Å². The Balaban J connectivity index is 1.96. The molecule has 3 aromatic rings. The minimum absolute atomic E-state index is 0.0842. The Hall–Kier alpha value is -1.89. The van der Waals surface area contributed by atoms with Crippen LogP contribution in [0.15, 0.2) is 53.6 Å². The Morgan fingerprint density at radius 3 is 2.64 bits per heavy atom. The first-order valence-corrected chi connectivity index (χ1v) is 8.49. The van der Waals surface area contributed by atoms with Crippen molar-refractivity contribution in [2.75, 3.05) is 0 Å². The molecule has 3 rings (SSSR count). The van der Waals surface area contributed by atoms with Gasteiger partial charge < -0.3 is 0 Å². The van der Waals surface area contributed by atoms with Gasteiger partial charge in [0.1, 0.15) is 0 Å². The molecule has 0 bridgehead atoms. The van der Waals surface area contributed by atoms with Gasteiger partial charge in [-0.2, -0.15) is 5.10 Å². The maximum absolute atomic E-state index is 12.6. The largest absolute Gasteiger partial charge is 0.270 e. The van der Waals surface area contributed by atoms with Crippen LogP contribution >= 0.6 is 11.6 Å². The smallest absolute Gasteiger partial charge is 0.241 e. The molecule has 0 aliphatic carbocycles. The normalized spacial score (nSPS) is 11.9. The van der Waals surface area contributed by atoms with Crippen molar-refractivity contribution in [1.29, 1.82) is 0 Å². The van der Waals surface area contributed by atoms with Crippen molar-refractivity contribution in [3.05, 3.63) is 59.4 Å². The Morgan fingerprint density at radius 1 is 1.18 bits per heavy atom. The molecule has 1 N–H and O–H groups in total. The number of rotatable bonds is 4. The first-order valence-electron chi connectivity index (χ1n) is 6.63. The van der Waals surface area contributed by atoms with E-state index in [-0.39, 0.29) is 11.4 Å². The fraction of sp³-hybridized carbons (Fsp3) is 0.133. The molecule has 0 aliphatic heterocycles. The lowest BCUT2D eigenvalue weighted by atomic mass is 10.1. The van der Waals surface area contributed by atoms with E-state index in [0.717, 1.165) is 5.39 Å². The first-order chi connectivity index (χ1) is 10.5. The van der Waals surface area contributed by atoms with E-state index in [1.54, 1.807) is 29.9 Å². The second-order valence-electron chi connectivity index (χ2n) is 4.86. The van der Waals surface area contributed by atoms with Gasteiger partial charge in [-0.25, -0.2) is 13.1 Å². The average Bonchev–Trinajstić information content (AvgIpc) is 2.83. The van der Waals surface area contributed by atoms with Crippen LogP contribution in [0.2, 0.25) is 5.02 Å². The number of halogens is 1. The van der Waals surface area contributed by atoms with E-state index < -0.39 is 10.0 Å². The zero-order valence-corrected chi connectivity index (χ0v) is 13.4. The van der Waals surface area contributed by atoms with Crippen molar-refractivity contribution >= 4 is 32.4 Å². The van der Waals surface area contributed by atoms with Crippen LogP contribution in [0.4, 0.5) is 0 Å². The third-order valence-electron chi connectivity index (χ3n) is 3.48. The van der Waals surface area contributed by atoms with Crippen LogP contribution in [0.1, 0.15) is 5.69 Å². The van der Waals surface area contributed by atoms with E-state index in [2.05, 4.69) is 9.82 Å². The van der Waals surface area contributed by atoms with Crippen molar-refractivity contribution in [3.8, 4) is 0 Å².